The number of hydrogen-bond acceptors (Lipinski definition) is 5. The standard InChI is InChI=1S/C14H14N2O4/c1-9-15-12(7-10-3-5-11(17)6-4-10)14(19)16(9)8-13(18)20-2/h3-7,17H,8H2,1-2H3/b12-7+. The number of nitrogens with zero attached hydrogens (tertiary/aromatic N) is 2. The lowest BCUT2D eigenvalue weighted by Gasteiger charge is -2.13. The second kappa shape index (κ2) is 5.56. The fraction of sp³-hybridized carbons (Fsp3) is 0.214. The first-order valence-corrected chi connectivity index (χ1v) is 5.96. The van der Waals surface area contributed by atoms with Gasteiger partial charge in [0.05, 0.1) is 7.11 Å². The van der Waals surface area contributed by atoms with Gasteiger partial charge in [0.2, 0.25) is 0 Å². The Balaban J connectivity index is 2.21. The Bertz CT molecular complexity index is 602. The van der Waals surface area contributed by atoms with Crippen LogP contribution in [0, 0.1) is 0 Å². The summed E-state index contributed by atoms with van der Waals surface area (Å²) < 4.78 is 4.54. The lowest BCUT2D eigenvalue weighted by Crippen LogP contribution is -2.35. The Morgan fingerprint density at radius 3 is 2.65 bits per heavy atom. The molecular weight excluding hydrogens is 260 g/mol. The van der Waals surface area contributed by atoms with Gasteiger partial charge in [-0.25, -0.2) is 4.99 Å². The van der Waals surface area contributed by atoms with Crippen molar-refractivity contribution in [1.82, 2.24) is 4.90 Å². The van der Waals surface area contributed by atoms with Crippen LogP contribution in [0.3, 0.4) is 0 Å². The topological polar surface area (TPSA) is 79.2 Å². The minimum absolute atomic E-state index is 0.150. The third-order valence-electron chi connectivity index (χ3n) is 2.85. The molecule has 0 atom stereocenters. The molecule has 2 rings (SSSR count). The van der Waals surface area contributed by atoms with E-state index in [-0.39, 0.29) is 23.9 Å². The molecule has 0 spiro atoms. The number of amides is 1. The molecule has 1 aromatic rings. The van der Waals surface area contributed by atoms with E-state index in [2.05, 4.69) is 9.73 Å². The third kappa shape index (κ3) is 2.85. The summed E-state index contributed by atoms with van der Waals surface area (Å²) >= 11 is 0. The number of rotatable bonds is 3. The van der Waals surface area contributed by atoms with Crippen LogP contribution in [0.2, 0.25) is 0 Å². The maximum absolute atomic E-state index is 12.1. The van der Waals surface area contributed by atoms with Gasteiger partial charge in [0.25, 0.3) is 5.91 Å². The van der Waals surface area contributed by atoms with Crippen molar-refractivity contribution in [3.8, 4) is 5.75 Å². The van der Waals surface area contributed by atoms with Crippen LogP contribution in [-0.2, 0) is 14.3 Å². The van der Waals surface area contributed by atoms with Gasteiger partial charge in [-0.2, -0.15) is 0 Å². The Labute approximate surface area is 116 Å². The van der Waals surface area contributed by atoms with E-state index in [0.29, 0.717) is 5.84 Å². The lowest BCUT2D eigenvalue weighted by atomic mass is 10.2. The van der Waals surface area contributed by atoms with Gasteiger partial charge in [-0.3, -0.25) is 14.5 Å². The first-order valence-electron chi connectivity index (χ1n) is 5.96. The molecule has 1 heterocycles. The van der Waals surface area contributed by atoms with Crippen LogP contribution in [0.5, 0.6) is 5.75 Å². The van der Waals surface area contributed by atoms with Crippen LogP contribution in [-0.4, -0.2) is 41.4 Å². The van der Waals surface area contributed by atoms with Gasteiger partial charge in [-0.1, -0.05) is 12.1 Å². The molecule has 1 aliphatic rings. The quantitative estimate of drug-likeness (QED) is 0.662. The van der Waals surface area contributed by atoms with Crippen LogP contribution >= 0.6 is 0 Å². The largest absolute Gasteiger partial charge is 0.508 e. The molecule has 0 saturated carbocycles. The monoisotopic (exact) mass is 274 g/mol. The summed E-state index contributed by atoms with van der Waals surface area (Å²) in [6.45, 7) is 1.50. The molecule has 1 aromatic carbocycles. The SMILES string of the molecule is COC(=O)CN1C(=O)/C(=C\c2ccc(O)cc2)N=C1C. The second-order valence-corrected chi connectivity index (χ2v) is 4.25. The maximum Gasteiger partial charge on any atom is 0.325 e. The van der Waals surface area contributed by atoms with Gasteiger partial charge in [-0.15, -0.1) is 0 Å². The minimum atomic E-state index is -0.501. The molecule has 0 radical (unpaired) electrons. The van der Waals surface area contributed by atoms with E-state index in [1.54, 1.807) is 25.1 Å². The second-order valence-electron chi connectivity index (χ2n) is 4.25. The molecule has 6 heteroatoms. The summed E-state index contributed by atoms with van der Waals surface area (Å²) in [6, 6.07) is 6.39. The van der Waals surface area contributed by atoms with Crippen molar-refractivity contribution in [2.24, 2.45) is 4.99 Å². The Morgan fingerprint density at radius 2 is 2.05 bits per heavy atom. The number of phenolic OH excluding ortho intramolecular Hbond substituents is 1. The number of carbonyl (C=O) groups is 2. The van der Waals surface area contributed by atoms with Crippen molar-refractivity contribution < 1.29 is 19.4 Å². The molecule has 6 nitrogen and oxygen atoms in total. The number of esters is 1. The predicted octanol–water partition coefficient (Wildman–Crippen LogP) is 1.17. The summed E-state index contributed by atoms with van der Waals surface area (Å²) in [4.78, 5) is 28.8. The van der Waals surface area contributed by atoms with Gasteiger partial charge in [-0.05, 0) is 30.7 Å². The normalized spacial score (nSPS) is 16.5. The van der Waals surface area contributed by atoms with Gasteiger partial charge >= 0.3 is 5.97 Å². The van der Waals surface area contributed by atoms with E-state index < -0.39 is 5.97 Å². The summed E-state index contributed by atoms with van der Waals surface area (Å²) in [5.74, 6) is -0.248. The zero-order valence-electron chi connectivity index (χ0n) is 11.2. The van der Waals surface area contributed by atoms with Crippen LogP contribution in [0.1, 0.15) is 12.5 Å². The van der Waals surface area contributed by atoms with E-state index in [4.69, 9.17) is 0 Å². The summed E-state index contributed by atoms with van der Waals surface area (Å²) in [5.41, 5.74) is 0.986. The highest BCUT2D eigenvalue weighted by molar-refractivity contribution is 6.14. The first-order chi connectivity index (χ1) is 9.51. The van der Waals surface area contributed by atoms with Crippen LogP contribution in [0.25, 0.3) is 6.08 Å². The number of phenols is 1. The molecule has 0 aromatic heterocycles. The number of carbonyl (C=O) groups excluding carboxylic acids is 2. The van der Waals surface area contributed by atoms with E-state index >= 15 is 0 Å². The Morgan fingerprint density at radius 1 is 1.40 bits per heavy atom. The first kappa shape index (κ1) is 13.8. The van der Waals surface area contributed by atoms with Crippen LogP contribution in [0.15, 0.2) is 35.0 Å². The minimum Gasteiger partial charge on any atom is -0.508 e. The van der Waals surface area contributed by atoms with Gasteiger partial charge in [0, 0.05) is 0 Å². The number of aromatic hydroxyl groups is 1. The summed E-state index contributed by atoms with van der Waals surface area (Å²) in [6.07, 6.45) is 1.60. The Kier molecular flexibility index (Phi) is 3.84. The fourth-order valence-corrected chi connectivity index (χ4v) is 1.77. The molecule has 0 saturated heterocycles. The van der Waals surface area contributed by atoms with E-state index in [9.17, 15) is 14.7 Å². The van der Waals surface area contributed by atoms with Crippen LogP contribution in [0.4, 0.5) is 0 Å². The highest BCUT2D eigenvalue weighted by Crippen LogP contribution is 2.19. The molecule has 0 fully saturated rings. The Hall–Kier alpha value is -2.63. The number of ether oxygens (including phenoxy) is 1. The maximum atomic E-state index is 12.1. The van der Waals surface area contributed by atoms with Gasteiger partial charge in [0.1, 0.15) is 23.8 Å². The number of amidine groups is 1. The van der Waals surface area contributed by atoms with Crippen molar-refractivity contribution in [3.05, 3.63) is 35.5 Å². The van der Waals surface area contributed by atoms with Gasteiger partial charge in [0.15, 0.2) is 0 Å². The molecule has 1 amide bonds. The van der Waals surface area contributed by atoms with Crippen molar-refractivity contribution in [2.75, 3.05) is 13.7 Å². The van der Waals surface area contributed by atoms with E-state index in [1.807, 2.05) is 0 Å². The molecule has 0 bridgehead atoms. The molecule has 1 aliphatic heterocycles. The highest BCUT2D eigenvalue weighted by atomic mass is 16.5. The molecule has 1 N–H and O–H groups in total. The smallest absolute Gasteiger partial charge is 0.325 e. The van der Waals surface area contributed by atoms with Crippen molar-refractivity contribution in [1.29, 1.82) is 0 Å². The van der Waals surface area contributed by atoms with Crippen LogP contribution < -0.4 is 0 Å². The lowest BCUT2D eigenvalue weighted by molar-refractivity contribution is -0.143. The molecular formula is C14H14N2O4. The highest BCUT2D eigenvalue weighted by Gasteiger charge is 2.29. The molecule has 20 heavy (non-hydrogen) atoms. The number of aliphatic imine (C=N–C) groups is 1. The van der Waals surface area contributed by atoms with Gasteiger partial charge < -0.3 is 9.84 Å². The summed E-state index contributed by atoms with van der Waals surface area (Å²) in [5, 5.41) is 9.21. The molecule has 104 valence electrons. The van der Waals surface area contributed by atoms with Crippen molar-refractivity contribution in [3.63, 3.8) is 0 Å². The number of hydrogen-bond donors (Lipinski definition) is 1. The zero-order valence-corrected chi connectivity index (χ0v) is 11.2. The zero-order chi connectivity index (χ0) is 14.7. The average Bonchev–Trinajstić information content (AvgIpc) is 2.69. The predicted molar refractivity (Wildman–Crippen MR) is 72.9 cm³/mol. The third-order valence-corrected chi connectivity index (χ3v) is 2.85. The van der Waals surface area contributed by atoms with E-state index in [1.165, 1.54) is 24.1 Å². The van der Waals surface area contributed by atoms with Crippen molar-refractivity contribution in [2.45, 2.75) is 6.92 Å². The average molecular weight is 274 g/mol. The van der Waals surface area contributed by atoms with Crippen molar-refractivity contribution >= 4 is 23.8 Å². The van der Waals surface area contributed by atoms with E-state index in [0.717, 1.165) is 5.56 Å². The number of methoxy groups -OCH3 is 1. The molecule has 0 aliphatic carbocycles. The number of benzene rings is 1. The fourth-order valence-electron chi connectivity index (χ4n) is 1.77. The molecule has 0 unspecified atom stereocenters. The summed E-state index contributed by atoms with van der Waals surface area (Å²) in [7, 11) is 1.27.